The van der Waals surface area contributed by atoms with Gasteiger partial charge in [-0.2, -0.15) is 5.10 Å². The van der Waals surface area contributed by atoms with Crippen LogP contribution in [0.25, 0.3) is 5.69 Å². The van der Waals surface area contributed by atoms with E-state index < -0.39 is 0 Å². The number of pyridine rings is 1. The number of hydrogen-bond acceptors (Lipinski definition) is 4. The van der Waals surface area contributed by atoms with E-state index in [2.05, 4.69) is 10.1 Å². The largest absolute Gasteiger partial charge is 0.392 e. The number of aliphatic hydroxyl groups is 1. The first kappa shape index (κ1) is 10.6. The van der Waals surface area contributed by atoms with Gasteiger partial charge in [-0.3, -0.25) is 0 Å². The van der Waals surface area contributed by atoms with Gasteiger partial charge in [0.05, 0.1) is 18.5 Å². The maximum atomic E-state index is 8.97. The minimum atomic E-state index is 0.00558. The summed E-state index contributed by atoms with van der Waals surface area (Å²) in [6.07, 6.45) is 5.19. The molecule has 16 heavy (non-hydrogen) atoms. The van der Waals surface area contributed by atoms with Crippen LogP contribution in [0.3, 0.4) is 0 Å². The molecule has 0 saturated heterocycles. The van der Waals surface area contributed by atoms with E-state index in [1.54, 1.807) is 23.3 Å². The second kappa shape index (κ2) is 4.32. The van der Waals surface area contributed by atoms with Gasteiger partial charge in [-0.15, -0.1) is 0 Å². The molecular weight excluding hydrogens is 204 g/mol. The van der Waals surface area contributed by atoms with Crippen LogP contribution >= 0.6 is 0 Å². The molecule has 0 aliphatic rings. The molecule has 84 valence electrons. The van der Waals surface area contributed by atoms with Crippen molar-refractivity contribution in [3.8, 4) is 5.69 Å². The third-order valence-electron chi connectivity index (χ3n) is 2.27. The number of nitrogens with zero attached hydrogens (tertiary/aromatic N) is 4. The second-order valence-electron chi connectivity index (χ2n) is 3.72. The lowest BCUT2D eigenvalue weighted by molar-refractivity contribution is 0.282. The molecule has 2 heterocycles. The van der Waals surface area contributed by atoms with Crippen molar-refractivity contribution < 1.29 is 5.11 Å². The van der Waals surface area contributed by atoms with Crippen molar-refractivity contribution in [2.24, 2.45) is 0 Å². The van der Waals surface area contributed by atoms with Crippen molar-refractivity contribution in [3.63, 3.8) is 0 Å². The molecule has 5 heteroatoms. The molecule has 0 radical (unpaired) electrons. The highest BCUT2D eigenvalue weighted by Gasteiger charge is 2.03. The summed E-state index contributed by atoms with van der Waals surface area (Å²) >= 11 is 0. The SMILES string of the molecule is CN(C)c1cc(-n2cc(CO)cn2)ccn1. The Labute approximate surface area is 94.0 Å². The Morgan fingerprint density at radius 2 is 2.25 bits per heavy atom. The molecular formula is C11H14N4O. The number of hydrogen-bond donors (Lipinski definition) is 1. The number of anilines is 1. The monoisotopic (exact) mass is 218 g/mol. The minimum Gasteiger partial charge on any atom is -0.392 e. The molecule has 0 aliphatic carbocycles. The molecule has 5 nitrogen and oxygen atoms in total. The zero-order valence-electron chi connectivity index (χ0n) is 9.33. The first-order valence-electron chi connectivity index (χ1n) is 4.99. The van der Waals surface area contributed by atoms with Gasteiger partial charge in [-0.05, 0) is 6.07 Å². The van der Waals surface area contributed by atoms with Crippen LogP contribution in [0.4, 0.5) is 5.82 Å². The summed E-state index contributed by atoms with van der Waals surface area (Å²) in [5, 5.41) is 13.1. The fourth-order valence-electron chi connectivity index (χ4n) is 1.38. The Kier molecular flexibility index (Phi) is 2.87. The molecule has 0 fully saturated rings. The Morgan fingerprint density at radius 3 is 2.88 bits per heavy atom. The summed E-state index contributed by atoms with van der Waals surface area (Å²) in [6, 6.07) is 3.81. The van der Waals surface area contributed by atoms with Gasteiger partial charge in [0.1, 0.15) is 5.82 Å². The lowest BCUT2D eigenvalue weighted by Crippen LogP contribution is -2.11. The van der Waals surface area contributed by atoms with Crippen LogP contribution < -0.4 is 4.90 Å². The third-order valence-corrected chi connectivity index (χ3v) is 2.27. The Morgan fingerprint density at radius 1 is 1.44 bits per heavy atom. The lowest BCUT2D eigenvalue weighted by Gasteiger charge is -2.11. The first-order valence-corrected chi connectivity index (χ1v) is 4.99. The third kappa shape index (κ3) is 2.04. The quantitative estimate of drug-likeness (QED) is 0.829. The number of aliphatic hydroxyl groups excluding tert-OH is 1. The van der Waals surface area contributed by atoms with Crippen LogP contribution in [0.1, 0.15) is 5.56 Å². The van der Waals surface area contributed by atoms with Gasteiger partial charge >= 0.3 is 0 Å². The molecule has 0 aliphatic heterocycles. The van der Waals surface area contributed by atoms with Crippen LogP contribution in [0.15, 0.2) is 30.7 Å². The van der Waals surface area contributed by atoms with Gasteiger partial charge in [0.2, 0.25) is 0 Å². The minimum absolute atomic E-state index is 0.00558. The highest BCUT2D eigenvalue weighted by Crippen LogP contribution is 2.13. The van der Waals surface area contributed by atoms with Gasteiger partial charge in [-0.25, -0.2) is 9.67 Å². The molecule has 0 saturated carbocycles. The van der Waals surface area contributed by atoms with Crippen molar-refractivity contribution >= 4 is 5.82 Å². The molecule has 0 aromatic carbocycles. The molecule has 0 bridgehead atoms. The predicted octanol–water partition coefficient (Wildman–Crippen LogP) is 0.826. The Hall–Kier alpha value is -1.88. The van der Waals surface area contributed by atoms with Crippen molar-refractivity contribution in [2.45, 2.75) is 6.61 Å². The van der Waals surface area contributed by atoms with E-state index in [0.29, 0.717) is 0 Å². The fourth-order valence-corrected chi connectivity index (χ4v) is 1.38. The van der Waals surface area contributed by atoms with Crippen LogP contribution in [-0.4, -0.2) is 34.0 Å². The van der Waals surface area contributed by atoms with E-state index in [9.17, 15) is 0 Å². The molecule has 2 aromatic rings. The molecule has 1 N–H and O–H groups in total. The summed E-state index contributed by atoms with van der Waals surface area (Å²) in [6.45, 7) is 0.00558. The van der Waals surface area contributed by atoms with E-state index in [0.717, 1.165) is 17.1 Å². The Bertz CT molecular complexity index is 478. The summed E-state index contributed by atoms with van der Waals surface area (Å²) in [5.41, 5.74) is 1.72. The molecule has 0 unspecified atom stereocenters. The average molecular weight is 218 g/mol. The number of aromatic nitrogens is 3. The zero-order chi connectivity index (χ0) is 11.5. The molecule has 0 atom stereocenters. The van der Waals surface area contributed by atoms with Crippen LogP contribution in [0, 0.1) is 0 Å². The summed E-state index contributed by atoms with van der Waals surface area (Å²) < 4.78 is 1.72. The fraction of sp³-hybridized carbons (Fsp3) is 0.273. The molecule has 0 spiro atoms. The topological polar surface area (TPSA) is 54.2 Å². The highest BCUT2D eigenvalue weighted by molar-refractivity contribution is 5.45. The zero-order valence-corrected chi connectivity index (χ0v) is 9.33. The molecule has 2 rings (SSSR count). The van der Waals surface area contributed by atoms with E-state index >= 15 is 0 Å². The predicted molar refractivity (Wildman–Crippen MR) is 61.6 cm³/mol. The van der Waals surface area contributed by atoms with Crippen molar-refractivity contribution in [2.75, 3.05) is 19.0 Å². The van der Waals surface area contributed by atoms with E-state index in [1.807, 2.05) is 31.1 Å². The summed E-state index contributed by atoms with van der Waals surface area (Å²) in [7, 11) is 3.88. The highest BCUT2D eigenvalue weighted by atomic mass is 16.3. The lowest BCUT2D eigenvalue weighted by atomic mass is 10.3. The average Bonchev–Trinajstić information content (AvgIpc) is 2.77. The van der Waals surface area contributed by atoms with Crippen LogP contribution in [-0.2, 0) is 6.61 Å². The van der Waals surface area contributed by atoms with Gasteiger partial charge in [0.25, 0.3) is 0 Å². The first-order chi connectivity index (χ1) is 7.70. The molecule has 2 aromatic heterocycles. The standard InChI is InChI=1S/C11H14N4O/c1-14(2)11-5-10(3-4-12-11)15-7-9(8-16)6-13-15/h3-7,16H,8H2,1-2H3. The van der Waals surface area contributed by atoms with Gasteiger partial charge in [0.15, 0.2) is 0 Å². The second-order valence-corrected chi connectivity index (χ2v) is 3.72. The van der Waals surface area contributed by atoms with Gasteiger partial charge in [-0.1, -0.05) is 0 Å². The van der Waals surface area contributed by atoms with E-state index in [-0.39, 0.29) is 6.61 Å². The van der Waals surface area contributed by atoms with E-state index in [1.165, 1.54) is 0 Å². The Balaban J connectivity index is 2.36. The van der Waals surface area contributed by atoms with Crippen LogP contribution in [0.2, 0.25) is 0 Å². The molecule has 0 amide bonds. The van der Waals surface area contributed by atoms with E-state index in [4.69, 9.17) is 5.11 Å². The van der Waals surface area contributed by atoms with Crippen molar-refractivity contribution in [1.82, 2.24) is 14.8 Å². The summed E-state index contributed by atoms with van der Waals surface area (Å²) in [4.78, 5) is 6.16. The number of rotatable bonds is 3. The van der Waals surface area contributed by atoms with Crippen LogP contribution in [0.5, 0.6) is 0 Å². The van der Waals surface area contributed by atoms with Crippen molar-refractivity contribution in [3.05, 3.63) is 36.3 Å². The van der Waals surface area contributed by atoms with Crippen molar-refractivity contribution in [1.29, 1.82) is 0 Å². The summed E-state index contributed by atoms with van der Waals surface area (Å²) in [5.74, 6) is 0.874. The maximum absolute atomic E-state index is 8.97. The smallest absolute Gasteiger partial charge is 0.130 e. The van der Waals surface area contributed by atoms with Gasteiger partial charge < -0.3 is 10.0 Å². The maximum Gasteiger partial charge on any atom is 0.130 e. The normalized spacial score (nSPS) is 10.4. The van der Waals surface area contributed by atoms with Gasteiger partial charge in [0, 0.05) is 38.1 Å².